The van der Waals surface area contributed by atoms with Gasteiger partial charge in [0.25, 0.3) is 0 Å². The number of amides is 2. The number of carbonyl (C=O) groups is 3. The number of hydrogen-bond donors (Lipinski definition) is 2. The number of carboxylic acids is 1. The largest absolute Gasteiger partial charge is 0.480 e. The number of imide groups is 1. The second kappa shape index (κ2) is 6.27. The summed E-state index contributed by atoms with van der Waals surface area (Å²) in [6.07, 6.45) is 4.30. The van der Waals surface area contributed by atoms with Crippen LogP contribution in [-0.4, -0.2) is 49.6 Å². The molecule has 4 heterocycles. The number of nitrogens with one attached hydrogen (secondary N) is 1. The molecule has 7 atom stereocenters. The number of thiazole rings is 1. The third-order valence-electron chi connectivity index (χ3n) is 7.15. The minimum absolute atomic E-state index is 0.000897. The van der Waals surface area contributed by atoms with Crippen LogP contribution in [0.4, 0.5) is 0 Å². The van der Waals surface area contributed by atoms with Gasteiger partial charge in [-0.1, -0.05) is 17.4 Å². The number of H-pyrrole nitrogens is 1. The van der Waals surface area contributed by atoms with Crippen molar-refractivity contribution in [2.75, 3.05) is 6.54 Å². The average Bonchev–Trinajstić information content (AvgIpc) is 3.44. The zero-order chi connectivity index (χ0) is 20.7. The van der Waals surface area contributed by atoms with Gasteiger partial charge < -0.3 is 10.1 Å². The molecule has 0 aromatic carbocycles. The van der Waals surface area contributed by atoms with Gasteiger partial charge in [-0.15, -0.1) is 11.8 Å². The summed E-state index contributed by atoms with van der Waals surface area (Å²) in [5.74, 6) is -2.74. The molecule has 1 saturated heterocycles. The van der Waals surface area contributed by atoms with Gasteiger partial charge in [0.15, 0.2) is 0 Å². The molecule has 10 heteroatoms. The Labute approximate surface area is 178 Å². The Morgan fingerprint density at radius 1 is 1.23 bits per heavy atom. The van der Waals surface area contributed by atoms with Crippen LogP contribution in [-0.2, 0) is 14.4 Å². The molecule has 2 aliphatic heterocycles. The lowest BCUT2D eigenvalue weighted by Crippen LogP contribution is -2.42. The third kappa shape index (κ3) is 2.31. The lowest BCUT2D eigenvalue weighted by Gasteiger charge is -2.42. The van der Waals surface area contributed by atoms with E-state index in [4.69, 9.17) is 5.11 Å². The highest BCUT2D eigenvalue weighted by molar-refractivity contribution is 8.00. The molecule has 8 nitrogen and oxygen atoms in total. The molecular formula is C20H17N3O5S2. The van der Waals surface area contributed by atoms with Gasteiger partial charge >= 0.3 is 10.8 Å². The number of likely N-dealkylation sites (tertiary alicyclic amines) is 1. The maximum atomic E-state index is 13.1. The zero-order valence-corrected chi connectivity index (χ0v) is 17.2. The minimum atomic E-state index is -1.18. The number of carbonyl (C=O) groups excluding carboxylic acids is 2. The number of fused-ring (bicyclic) bond motifs is 9. The second-order valence-electron chi connectivity index (χ2n) is 8.40. The van der Waals surface area contributed by atoms with E-state index in [0.717, 1.165) is 26.8 Å². The van der Waals surface area contributed by atoms with Crippen LogP contribution in [0.25, 0.3) is 0 Å². The number of hydrogen-bond acceptors (Lipinski definition) is 7. The Morgan fingerprint density at radius 2 is 2.00 bits per heavy atom. The van der Waals surface area contributed by atoms with Crippen LogP contribution in [0.1, 0.15) is 22.8 Å². The van der Waals surface area contributed by atoms with E-state index in [1.807, 2.05) is 18.3 Å². The molecule has 2 amide bonds. The number of aromatic amines is 1. The molecule has 2 aromatic heterocycles. The Bertz CT molecular complexity index is 1140. The summed E-state index contributed by atoms with van der Waals surface area (Å²) < 4.78 is 0. The molecule has 0 spiro atoms. The summed E-state index contributed by atoms with van der Waals surface area (Å²) in [4.78, 5) is 58.4. The Balaban J connectivity index is 1.45. The van der Waals surface area contributed by atoms with Gasteiger partial charge in [0.05, 0.1) is 16.9 Å². The van der Waals surface area contributed by atoms with Crippen molar-refractivity contribution < 1.29 is 19.5 Å². The molecule has 6 rings (SSSR count). The van der Waals surface area contributed by atoms with Crippen molar-refractivity contribution in [2.45, 2.75) is 22.6 Å². The number of aromatic nitrogens is 2. The predicted octanol–water partition coefficient (Wildman–Crippen LogP) is 1.39. The van der Waals surface area contributed by atoms with Crippen LogP contribution < -0.4 is 4.87 Å². The first-order valence-corrected chi connectivity index (χ1v) is 11.5. The molecule has 3 fully saturated rings. The number of nitrogens with zero attached hydrogens (tertiary/aromatic N) is 2. The van der Waals surface area contributed by atoms with Crippen molar-refractivity contribution in [2.24, 2.45) is 29.6 Å². The SMILES string of the molecule is O=C(O)CN1C(=O)[C@@H]2[C@@H]3C[C@@H]([C@H]4Sc5[nH]c(=O)sc5[C@H](c5cccnc5)[C@H]34)[C@@H]2C1=O. The van der Waals surface area contributed by atoms with Gasteiger partial charge in [-0.25, -0.2) is 0 Å². The van der Waals surface area contributed by atoms with Gasteiger partial charge in [0.1, 0.15) is 6.54 Å². The van der Waals surface area contributed by atoms with Gasteiger partial charge in [-0.05, 0) is 35.8 Å². The van der Waals surface area contributed by atoms with E-state index in [0.29, 0.717) is 0 Å². The molecule has 2 saturated carbocycles. The van der Waals surface area contributed by atoms with Crippen LogP contribution in [0.3, 0.4) is 0 Å². The fraction of sp³-hybridized carbons (Fsp3) is 0.450. The number of pyridine rings is 1. The first-order chi connectivity index (χ1) is 14.5. The first-order valence-electron chi connectivity index (χ1n) is 9.82. The van der Waals surface area contributed by atoms with Crippen molar-refractivity contribution in [3.63, 3.8) is 0 Å². The topological polar surface area (TPSA) is 120 Å². The Kier molecular flexibility index (Phi) is 3.83. The normalized spacial score (nSPS) is 36.0. The zero-order valence-electron chi connectivity index (χ0n) is 15.6. The summed E-state index contributed by atoms with van der Waals surface area (Å²) in [7, 11) is 0. The number of aliphatic carboxylic acids is 1. The van der Waals surface area contributed by atoms with Gasteiger partial charge in [-0.2, -0.15) is 0 Å². The summed E-state index contributed by atoms with van der Waals surface area (Å²) in [5, 5.41) is 10.1. The van der Waals surface area contributed by atoms with Crippen LogP contribution >= 0.6 is 23.1 Å². The average molecular weight is 444 g/mol. The Hall–Kier alpha value is -2.46. The fourth-order valence-corrected chi connectivity index (χ4v) is 9.19. The van der Waals surface area contributed by atoms with E-state index < -0.39 is 24.3 Å². The van der Waals surface area contributed by atoms with Crippen molar-refractivity contribution in [1.29, 1.82) is 0 Å². The summed E-state index contributed by atoms with van der Waals surface area (Å²) in [6.45, 7) is -0.570. The highest BCUT2D eigenvalue weighted by Crippen LogP contribution is 2.68. The van der Waals surface area contributed by atoms with Crippen molar-refractivity contribution in [1.82, 2.24) is 14.9 Å². The van der Waals surface area contributed by atoms with Gasteiger partial charge in [0.2, 0.25) is 11.8 Å². The van der Waals surface area contributed by atoms with Crippen molar-refractivity contribution in [3.05, 3.63) is 44.6 Å². The van der Waals surface area contributed by atoms with E-state index in [1.165, 1.54) is 11.3 Å². The lowest BCUT2D eigenvalue weighted by molar-refractivity contribution is -0.149. The van der Waals surface area contributed by atoms with Gasteiger partial charge in [-0.3, -0.25) is 29.1 Å². The molecule has 4 aliphatic rings. The van der Waals surface area contributed by atoms with Crippen LogP contribution in [0.5, 0.6) is 0 Å². The molecule has 0 radical (unpaired) electrons. The highest BCUT2D eigenvalue weighted by atomic mass is 32.2. The molecular weight excluding hydrogens is 426 g/mol. The summed E-state index contributed by atoms with van der Waals surface area (Å²) >= 11 is 2.82. The van der Waals surface area contributed by atoms with Crippen molar-refractivity contribution >= 4 is 40.9 Å². The van der Waals surface area contributed by atoms with E-state index in [2.05, 4.69) is 9.97 Å². The molecule has 2 N–H and O–H groups in total. The second-order valence-corrected chi connectivity index (χ2v) is 10.6. The fourth-order valence-electron chi connectivity index (χ4n) is 6.30. The molecule has 30 heavy (non-hydrogen) atoms. The smallest absolute Gasteiger partial charge is 0.323 e. The van der Waals surface area contributed by atoms with Gasteiger partial charge in [0, 0.05) is 28.4 Å². The van der Waals surface area contributed by atoms with Crippen molar-refractivity contribution in [3.8, 4) is 0 Å². The molecule has 154 valence electrons. The minimum Gasteiger partial charge on any atom is -0.480 e. The number of carboxylic acid groups (broad SMARTS) is 1. The van der Waals surface area contributed by atoms with Crippen LogP contribution in [0, 0.1) is 29.6 Å². The summed E-state index contributed by atoms with van der Waals surface area (Å²) in [6, 6.07) is 3.87. The maximum absolute atomic E-state index is 13.1. The molecule has 0 unspecified atom stereocenters. The number of thioether (sulfide) groups is 1. The first kappa shape index (κ1) is 18.3. The molecule has 2 bridgehead atoms. The number of rotatable bonds is 3. The third-order valence-corrected chi connectivity index (χ3v) is 9.74. The predicted molar refractivity (Wildman–Crippen MR) is 107 cm³/mol. The molecule has 2 aromatic rings. The monoisotopic (exact) mass is 443 g/mol. The van der Waals surface area contributed by atoms with E-state index in [1.54, 1.807) is 18.0 Å². The maximum Gasteiger partial charge on any atom is 0.323 e. The lowest BCUT2D eigenvalue weighted by atomic mass is 9.68. The van der Waals surface area contributed by atoms with Crippen LogP contribution in [0.2, 0.25) is 0 Å². The van der Waals surface area contributed by atoms with E-state index >= 15 is 0 Å². The quantitative estimate of drug-likeness (QED) is 0.688. The summed E-state index contributed by atoms with van der Waals surface area (Å²) in [5.41, 5.74) is 1.01. The van der Waals surface area contributed by atoms with Crippen LogP contribution in [0.15, 0.2) is 34.3 Å². The highest BCUT2D eigenvalue weighted by Gasteiger charge is 2.69. The molecule has 2 aliphatic carbocycles. The Morgan fingerprint density at radius 3 is 2.70 bits per heavy atom. The van der Waals surface area contributed by atoms with E-state index in [9.17, 15) is 19.2 Å². The standard InChI is InChI=1S/C20H17N3O5S2/c24-10(25)6-23-18(26)13-8-4-9(14(13)19(23)27)15-12(8)11(7-2-1-3-21-5-7)16-17(29-15)22-20(28)30-16/h1-3,5,8-9,11-15H,4,6H2,(H,22,28)(H,24,25)/t8-,9-,11-,12+,13-,14+,15-/m1/s1. The van der Waals surface area contributed by atoms with E-state index in [-0.39, 0.29) is 45.6 Å².